The van der Waals surface area contributed by atoms with Gasteiger partial charge < -0.3 is 5.32 Å². The molecule has 0 amide bonds. The van der Waals surface area contributed by atoms with E-state index in [1.807, 2.05) is 0 Å². The molecule has 21 heavy (non-hydrogen) atoms. The number of nitrogens with one attached hydrogen (secondary N) is 1. The van der Waals surface area contributed by atoms with Crippen LogP contribution in [0, 0.1) is 13.8 Å². The van der Waals surface area contributed by atoms with Crippen molar-refractivity contribution in [1.82, 2.24) is 15.3 Å². The van der Waals surface area contributed by atoms with Crippen LogP contribution in [0.25, 0.3) is 0 Å². The highest BCUT2D eigenvalue weighted by molar-refractivity contribution is 5.33. The van der Waals surface area contributed by atoms with Crippen LogP contribution in [0.1, 0.15) is 46.4 Å². The lowest BCUT2D eigenvalue weighted by molar-refractivity contribution is 0.610. The Morgan fingerprint density at radius 2 is 2.00 bits per heavy atom. The maximum atomic E-state index is 4.81. The molecule has 0 unspecified atom stereocenters. The van der Waals surface area contributed by atoms with Crippen LogP contribution in [0.15, 0.2) is 18.2 Å². The van der Waals surface area contributed by atoms with E-state index < -0.39 is 0 Å². The van der Waals surface area contributed by atoms with Crippen molar-refractivity contribution in [1.29, 1.82) is 0 Å². The molecule has 110 valence electrons. The molecule has 0 aliphatic carbocycles. The van der Waals surface area contributed by atoms with Crippen molar-refractivity contribution in [2.45, 2.75) is 46.6 Å². The Balaban J connectivity index is 1.93. The number of hydrogen-bond donors (Lipinski definition) is 1. The summed E-state index contributed by atoms with van der Waals surface area (Å²) >= 11 is 0. The molecular weight excluding hydrogens is 258 g/mol. The quantitative estimate of drug-likeness (QED) is 0.940. The fourth-order valence-corrected chi connectivity index (χ4v) is 2.96. The van der Waals surface area contributed by atoms with Gasteiger partial charge >= 0.3 is 0 Å². The van der Waals surface area contributed by atoms with E-state index in [2.05, 4.69) is 44.3 Å². The maximum absolute atomic E-state index is 4.81. The minimum Gasteiger partial charge on any atom is -0.311 e. The summed E-state index contributed by atoms with van der Waals surface area (Å²) in [6, 6.07) is 6.63. The molecule has 0 spiro atoms. The first-order valence-corrected chi connectivity index (χ1v) is 7.81. The van der Waals surface area contributed by atoms with Crippen molar-refractivity contribution in [2.75, 3.05) is 6.54 Å². The number of fused-ring (bicyclic) bond motifs is 1. The highest BCUT2D eigenvalue weighted by Crippen LogP contribution is 2.18. The van der Waals surface area contributed by atoms with Gasteiger partial charge in [-0.1, -0.05) is 25.1 Å². The van der Waals surface area contributed by atoms with Gasteiger partial charge in [-0.05, 0) is 55.5 Å². The summed E-state index contributed by atoms with van der Waals surface area (Å²) in [6.07, 6.45) is 2.87. The first-order valence-electron chi connectivity index (χ1n) is 7.81. The lowest BCUT2D eigenvalue weighted by atomic mass is 10.0. The molecule has 0 fully saturated rings. The fourth-order valence-electron chi connectivity index (χ4n) is 2.96. The largest absolute Gasteiger partial charge is 0.311 e. The first kappa shape index (κ1) is 14.2. The van der Waals surface area contributed by atoms with Crippen LogP contribution in [0.3, 0.4) is 0 Å². The Kier molecular flexibility index (Phi) is 4.02. The predicted molar refractivity (Wildman–Crippen MR) is 85.5 cm³/mol. The molecule has 0 bridgehead atoms. The van der Waals surface area contributed by atoms with Crippen molar-refractivity contribution in [2.24, 2.45) is 0 Å². The lowest BCUT2D eigenvalue weighted by Crippen LogP contribution is -2.27. The number of aryl methyl sites for hydroxylation is 3. The Bertz CT molecular complexity index is 645. The molecule has 1 aromatic carbocycles. The molecule has 1 aliphatic rings. The molecule has 3 rings (SSSR count). The van der Waals surface area contributed by atoms with Gasteiger partial charge in [0.1, 0.15) is 5.82 Å². The van der Waals surface area contributed by atoms with Gasteiger partial charge in [-0.3, -0.25) is 0 Å². The van der Waals surface area contributed by atoms with E-state index in [0.717, 1.165) is 38.2 Å². The number of rotatable bonds is 3. The van der Waals surface area contributed by atoms with Crippen molar-refractivity contribution in [3.05, 3.63) is 57.7 Å². The van der Waals surface area contributed by atoms with E-state index in [-0.39, 0.29) is 0 Å². The summed E-state index contributed by atoms with van der Waals surface area (Å²) in [6.45, 7) is 8.42. The normalized spacial score (nSPS) is 14.0. The van der Waals surface area contributed by atoms with Crippen LogP contribution in [0.2, 0.25) is 0 Å². The smallest absolute Gasteiger partial charge is 0.133 e. The summed E-state index contributed by atoms with van der Waals surface area (Å²) in [5.41, 5.74) is 7.78. The second-order valence-corrected chi connectivity index (χ2v) is 5.89. The van der Waals surface area contributed by atoms with Gasteiger partial charge in [0.2, 0.25) is 0 Å². The molecule has 0 atom stereocenters. The molecule has 0 saturated heterocycles. The van der Waals surface area contributed by atoms with Gasteiger partial charge in [0, 0.05) is 18.7 Å². The van der Waals surface area contributed by atoms with Crippen LogP contribution < -0.4 is 5.32 Å². The van der Waals surface area contributed by atoms with Crippen LogP contribution in [0.4, 0.5) is 0 Å². The topological polar surface area (TPSA) is 37.8 Å². The van der Waals surface area contributed by atoms with Crippen molar-refractivity contribution < 1.29 is 0 Å². The third kappa shape index (κ3) is 2.98. The Hall–Kier alpha value is -1.74. The third-order valence-corrected chi connectivity index (χ3v) is 4.34. The summed E-state index contributed by atoms with van der Waals surface area (Å²) in [5, 5.41) is 3.41. The van der Waals surface area contributed by atoms with Gasteiger partial charge in [0.05, 0.1) is 5.69 Å². The lowest BCUT2D eigenvalue weighted by Gasteiger charge is -2.19. The predicted octanol–water partition coefficient (Wildman–Crippen LogP) is 2.89. The summed E-state index contributed by atoms with van der Waals surface area (Å²) in [4.78, 5) is 9.61. The zero-order valence-electron chi connectivity index (χ0n) is 13.2. The molecule has 1 aromatic heterocycles. The van der Waals surface area contributed by atoms with Crippen molar-refractivity contribution in [3.63, 3.8) is 0 Å². The fraction of sp³-hybridized carbons (Fsp3) is 0.444. The molecular formula is C18H23N3. The van der Waals surface area contributed by atoms with E-state index in [4.69, 9.17) is 9.97 Å². The highest BCUT2D eigenvalue weighted by atomic mass is 15.0. The number of benzene rings is 1. The number of aromatic nitrogens is 2. The molecule has 1 aliphatic heterocycles. The van der Waals surface area contributed by atoms with Crippen LogP contribution in [-0.2, 0) is 25.8 Å². The standard InChI is InChI=1S/C18H23N3/c1-4-16-15-7-8-19-11-17(15)21-18(20-16)10-14-6-5-12(2)13(3)9-14/h5-6,9,19H,4,7-8,10-11H2,1-3H3. The summed E-state index contributed by atoms with van der Waals surface area (Å²) < 4.78 is 0. The van der Waals surface area contributed by atoms with E-state index in [1.54, 1.807) is 0 Å². The van der Waals surface area contributed by atoms with Crippen molar-refractivity contribution >= 4 is 0 Å². The van der Waals surface area contributed by atoms with Gasteiger partial charge in [0.25, 0.3) is 0 Å². The van der Waals surface area contributed by atoms with Crippen molar-refractivity contribution in [3.8, 4) is 0 Å². The molecule has 3 nitrogen and oxygen atoms in total. The summed E-state index contributed by atoms with van der Waals surface area (Å²) in [5.74, 6) is 0.956. The average molecular weight is 281 g/mol. The molecule has 0 saturated carbocycles. The average Bonchev–Trinajstić information content (AvgIpc) is 2.50. The Morgan fingerprint density at radius 3 is 2.76 bits per heavy atom. The number of hydrogen-bond acceptors (Lipinski definition) is 3. The van der Waals surface area contributed by atoms with Gasteiger partial charge in [0.15, 0.2) is 0 Å². The highest BCUT2D eigenvalue weighted by Gasteiger charge is 2.16. The van der Waals surface area contributed by atoms with Crippen LogP contribution in [0.5, 0.6) is 0 Å². The third-order valence-electron chi connectivity index (χ3n) is 4.34. The van der Waals surface area contributed by atoms with E-state index in [1.165, 1.54) is 33.6 Å². The van der Waals surface area contributed by atoms with E-state index in [9.17, 15) is 0 Å². The molecule has 3 heteroatoms. The van der Waals surface area contributed by atoms with Gasteiger partial charge in [-0.2, -0.15) is 0 Å². The van der Waals surface area contributed by atoms with E-state index in [0.29, 0.717) is 0 Å². The minimum atomic E-state index is 0.821. The maximum Gasteiger partial charge on any atom is 0.133 e. The second-order valence-electron chi connectivity index (χ2n) is 5.89. The van der Waals surface area contributed by atoms with Gasteiger partial charge in [-0.25, -0.2) is 9.97 Å². The minimum absolute atomic E-state index is 0.821. The second kappa shape index (κ2) is 5.94. The number of nitrogens with zero attached hydrogens (tertiary/aromatic N) is 2. The molecule has 1 N–H and O–H groups in total. The van der Waals surface area contributed by atoms with Gasteiger partial charge in [-0.15, -0.1) is 0 Å². The SMILES string of the molecule is CCc1nc(Cc2ccc(C)c(C)c2)nc2c1CCNC2. The zero-order chi connectivity index (χ0) is 14.8. The summed E-state index contributed by atoms with van der Waals surface area (Å²) in [7, 11) is 0. The monoisotopic (exact) mass is 281 g/mol. The zero-order valence-corrected chi connectivity index (χ0v) is 13.2. The Labute approximate surface area is 126 Å². The van der Waals surface area contributed by atoms with Crippen LogP contribution in [-0.4, -0.2) is 16.5 Å². The molecule has 0 radical (unpaired) electrons. The first-order chi connectivity index (χ1) is 10.2. The molecule has 2 heterocycles. The Morgan fingerprint density at radius 1 is 1.14 bits per heavy atom. The van der Waals surface area contributed by atoms with E-state index >= 15 is 0 Å². The van der Waals surface area contributed by atoms with Crippen LogP contribution >= 0.6 is 0 Å². The molecule has 2 aromatic rings.